The number of aliphatic hydroxyl groups is 1. The largest absolute Gasteiger partial charge is 0.396 e. The third-order valence-electron chi connectivity index (χ3n) is 2.41. The fraction of sp³-hybridized carbons (Fsp3) is 0.625. The van der Waals surface area contributed by atoms with E-state index in [1.54, 1.807) is 4.68 Å². The van der Waals surface area contributed by atoms with Gasteiger partial charge in [0, 0.05) is 19.7 Å². The number of hydrogen-bond donors (Lipinski definition) is 3. The normalized spacial score (nSPS) is 19.4. The molecular formula is C8H13N5O2. The second-order valence-corrected chi connectivity index (χ2v) is 3.56. The van der Waals surface area contributed by atoms with Crippen LogP contribution in [0, 0.1) is 5.92 Å². The minimum atomic E-state index is -0.627. The summed E-state index contributed by atoms with van der Waals surface area (Å²) in [5, 5.41) is 15.8. The highest BCUT2D eigenvalue weighted by Crippen LogP contribution is 2.17. The average Bonchev–Trinajstić information content (AvgIpc) is 2.61. The van der Waals surface area contributed by atoms with E-state index in [2.05, 4.69) is 15.4 Å². The van der Waals surface area contributed by atoms with Crippen molar-refractivity contribution in [2.75, 3.05) is 18.5 Å². The van der Waals surface area contributed by atoms with E-state index in [1.807, 2.05) is 0 Å². The van der Waals surface area contributed by atoms with Crippen LogP contribution in [0.4, 0.5) is 5.95 Å². The van der Waals surface area contributed by atoms with E-state index in [1.165, 1.54) is 0 Å². The van der Waals surface area contributed by atoms with Gasteiger partial charge in [0.1, 0.15) is 0 Å². The van der Waals surface area contributed by atoms with Crippen molar-refractivity contribution in [3.63, 3.8) is 0 Å². The maximum absolute atomic E-state index is 10.8. The van der Waals surface area contributed by atoms with Gasteiger partial charge >= 0.3 is 0 Å². The number of carbonyl (C=O) groups excluding carboxylic acids is 1. The second kappa shape index (κ2) is 3.85. The maximum Gasteiger partial charge on any atom is 0.288 e. The molecule has 0 spiro atoms. The Morgan fingerprint density at radius 1 is 1.73 bits per heavy atom. The van der Waals surface area contributed by atoms with Gasteiger partial charge < -0.3 is 16.2 Å². The number of fused-ring (bicyclic) bond motifs is 1. The molecule has 0 saturated heterocycles. The third-order valence-corrected chi connectivity index (χ3v) is 2.41. The van der Waals surface area contributed by atoms with Gasteiger partial charge in [0.15, 0.2) is 0 Å². The number of anilines is 1. The minimum absolute atomic E-state index is 0.0298. The summed E-state index contributed by atoms with van der Waals surface area (Å²) in [4.78, 5) is 14.8. The fourth-order valence-corrected chi connectivity index (χ4v) is 1.63. The highest BCUT2D eigenvalue weighted by molar-refractivity contribution is 5.89. The van der Waals surface area contributed by atoms with Crippen LogP contribution >= 0.6 is 0 Å². The van der Waals surface area contributed by atoms with Gasteiger partial charge in [-0.2, -0.15) is 4.98 Å². The first-order chi connectivity index (χ1) is 7.20. The van der Waals surface area contributed by atoms with E-state index in [0.29, 0.717) is 24.8 Å². The number of aromatic nitrogens is 3. The smallest absolute Gasteiger partial charge is 0.288 e. The lowest BCUT2D eigenvalue weighted by atomic mass is 10.1. The SMILES string of the molecule is NC(=O)c1nc2n(n1)CC(CCO)CN2. The Balaban J connectivity index is 2.15. The van der Waals surface area contributed by atoms with Crippen LogP contribution < -0.4 is 11.1 Å². The average molecular weight is 211 g/mol. The molecule has 0 aliphatic carbocycles. The Kier molecular flexibility index (Phi) is 2.55. The Morgan fingerprint density at radius 2 is 2.53 bits per heavy atom. The maximum atomic E-state index is 10.8. The van der Waals surface area contributed by atoms with Crippen molar-refractivity contribution < 1.29 is 9.90 Å². The molecule has 0 saturated carbocycles. The molecule has 1 aromatic rings. The fourth-order valence-electron chi connectivity index (χ4n) is 1.63. The van der Waals surface area contributed by atoms with Crippen molar-refractivity contribution in [1.82, 2.24) is 14.8 Å². The third kappa shape index (κ3) is 1.91. The molecule has 4 N–H and O–H groups in total. The van der Waals surface area contributed by atoms with E-state index >= 15 is 0 Å². The first kappa shape index (κ1) is 9.91. The topological polar surface area (TPSA) is 106 Å². The minimum Gasteiger partial charge on any atom is -0.396 e. The van der Waals surface area contributed by atoms with E-state index in [4.69, 9.17) is 10.8 Å². The molecule has 1 amide bonds. The van der Waals surface area contributed by atoms with Gasteiger partial charge in [0.05, 0.1) is 0 Å². The molecular weight excluding hydrogens is 198 g/mol. The summed E-state index contributed by atoms with van der Waals surface area (Å²) in [7, 11) is 0. The molecule has 1 aliphatic rings. The lowest BCUT2D eigenvalue weighted by Crippen LogP contribution is -2.28. The Bertz CT molecular complexity index is 375. The monoisotopic (exact) mass is 211 g/mol. The number of nitrogens with zero attached hydrogens (tertiary/aromatic N) is 3. The number of aliphatic hydroxyl groups excluding tert-OH is 1. The first-order valence-corrected chi connectivity index (χ1v) is 4.80. The Hall–Kier alpha value is -1.63. The van der Waals surface area contributed by atoms with Gasteiger partial charge in [-0.1, -0.05) is 0 Å². The molecule has 0 fully saturated rings. The molecule has 1 atom stereocenters. The first-order valence-electron chi connectivity index (χ1n) is 4.80. The zero-order chi connectivity index (χ0) is 10.8. The van der Waals surface area contributed by atoms with E-state index in [9.17, 15) is 4.79 Å². The standard InChI is InChI=1S/C8H13N5O2/c9-6(15)7-11-8-10-3-5(1-2-14)4-13(8)12-7/h5,14H,1-4H2,(H2,9,15)(H,10,11,12). The summed E-state index contributed by atoms with van der Waals surface area (Å²) in [6.45, 7) is 1.54. The van der Waals surface area contributed by atoms with Crippen LogP contribution in [0.1, 0.15) is 17.0 Å². The molecule has 1 aromatic heterocycles. The van der Waals surface area contributed by atoms with Crippen molar-refractivity contribution in [1.29, 1.82) is 0 Å². The number of primary amides is 1. The number of rotatable bonds is 3. The molecule has 82 valence electrons. The molecule has 15 heavy (non-hydrogen) atoms. The van der Waals surface area contributed by atoms with Crippen molar-refractivity contribution in [3.05, 3.63) is 5.82 Å². The molecule has 1 aliphatic heterocycles. The van der Waals surface area contributed by atoms with Crippen LogP contribution in [0.15, 0.2) is 0 Å². The van der Waals surface area contributed by atoms with Crippen molar-refractivity contribution in [3.8, 4) is 0 Å². The summed E-state index contributed by atoms with van der Waals surface area (Å²) in [5.41, 5.74) is 5.07. The Morgan fingerprint density at radius 3 is 3.20 bits per heavy atom. The van der Waals surface area contributed by atoms with Gasteiger partial charge in [-0.15, -0.1) is 5.10 Å². The highest BCUT2D eigenvalue weighted by Gasteiger charge is 2.21. The molecule has 2 heterocycles. The molecule has 1 unspecified atom stereocenters. The molecule has 0 bridgehead atoms. The summed E-state index contributed by atoms with van der Waals surface area (Å²) in [5.74, 6) is 0.280. The van der Waals surface area contributed by atoms with Crippen LogP contribution in [-0.2, 0) is 6.54 Å². The molecule has 7 heteroatoms. The quantitative estimate of drug-likeness (QED) is 0.582. The van der Waals surface area contributed by atoms with Crippen LogP contribution in [0.25, 0.3) is 0 Å². The van der Waals surface area contributed by atoms with Gasteiger partial charge in [-0.05, 0) is 12.3 Å². The molecule has 2 rings (SSSR count). The highest BCUT2D eigenvalue weighted by atomic mass is 16.3. The van der Waals surface area contributed by atoms with Gasteiger partial charge in [-0.3, -0.25) is 4.79 Å². The summed E-state index contributed by atoms with van der Waals surface area (Å²) < 4.78 is 1.62. The predicted molar refractivity (Wildman–Crippen MR) is 52.2 cm³/mol. The van der Waals surface area contributed by atoms with Crippen LogP contribution in [-0.4, -0.2) is 38.9 Å². The van der Waals surface area contributed by atoms with Gasteiger partial charge in [0.25, 0.3) is 5.91 Å². The zero-order valence-corrected chi connectivity index (χ0v) is 8.18. The van der Waals surface area contributed by atoms with Crippen molar-refractivity contribution >= 4 is 11.9 Å². The van der Waals surface area contributed by atoms with E-state index < -0.39 is 5.91 Å². The summed E-state index contributed by atoms with van der Waals surface area (Å²) in [6, 6.07) is 0. The van der Waals surface area contributed by atoms with Crippen molar-refractivity contribution in [2.45, 2.75) is 13.0 Å². The number of carbonyl (C=O) groups is 1. The molecule has 0 radical (unpaired) electrons. The summed E-state index contributed by atoms with van der Waals surface area (Å²) in [6.07, 6.45) is 0.707. The number of hydrogen-bond acceptors (Lipinski definition) is 5. The van der Waals surface area contributed by atoms with Crippen molar-refractivity contribution in [2.24, 2.45) is 11.7 Å². The number of amides is 1. The van der Waals surface area contributed by atoms with E-state index in [0.717, 1.165) is 6.54 Å². The number of nitrogens with one attached hydrogen (secondary N) is 1. The summed E-state index contributed by atoms with van der Waals surface area (Å²) >= 11 is 0. The zero-order valence-electron chi connectivity index (χ0n) is 8.18. The van der Waals surface area contributed by atoms with Crippen LogP contribution in [0.3, 0.4) is 0 Å². The lowest BCUT2D eigenvalue weighted by Gasteiger charge is -2.22. The molecule has 0 aromatic carbocycles. The lowest BCUT2D eigenvalue weighted by molar-refractivity contribution is 0.0990. The second-order valence-electron chi connectivity index (χ2n) is 3.56. The Labute approximate surface area is 86.3 Å². The van der Waals surface area contributed by atoms with E-state index in [-0.39, 0.29) is 12.4 Å². The number of nitrogens with two attached hydrogens (primary N) is 1. The predicted octanol–water partition coefficient (Wildman–Crippen LogP) is -1.20. The van der Waals surface area contributed by atoms with Crippen LogP contribution in [0.2, 0.25) is 0 Å². The van der Waals surface area contributed by atoms with Gasteiger partial charge in [-0.25, -0.2) is 4.68 Å². The van der Waals surface area contributed by atoms with Gasteiger partial charge in [0.2, 0.25) is 11.8 Å². The van der Waals surface area contributed by atoms with Crippen LogP contribution in [0.5, 0.6) is 0 Å². The molecule has 7 nitrogen and oxygen atoms in total.